The van der Waals surface area contributed by atoms with Crippen LogP contribution in [0.3, 0.4) is 0 Å². The van der Waals surface area contributed by atoms with Gasteiger partial charge in [0.25, 0.3) is 0 Å². The maximum atomic E-state index is 9.94. The maximum Gasteiger partial charge on any atom is 0.112 e. The molecule has 0 aromatic carbocycles. The molecule has 0 N–H and O–H groups in total. The molecule has 2 aliphatic rings. The Bertz CT molecular complexity index is 312. The van der Waals surface area contributed by atoms with Gasteiger partial charge in [0.1, 0.15) is 5.54 Å². The summed E-state index contributed by atoms with van der Waals surface area (Å²) in [5.74, 6) is 1.90. The minimum atomic E-state index is -0.160. The second-order valence-corrected chi connectivity index (χ2v) is 6.82. The first-order chi connectivity index (χ1) is 8.60. The van der Waals surface area contributed by atoms with Gasteiger partial charge in [0, 0.05) is 0 Å². The van der Waals surface area contributed by atoms with E-state index in [0.717, 1.165) is 19.5 Å². The number of piperidine rings is 1. The van der Waals surface area contributed by atoms with E-state index < -0.39 is 0 Å². The van der Waals surface area contributed by atoms with Crippen molar-refractivity contribution >= 4 is 0 Å². The van der Waals surface area contributed by atoms with Gasteiger partial charge in [-0.25, -0.2) is 0 Å². The Labute approximate surface area is 112 Å². The molecule has 1 heterocycles. The summed E-state index contributed by atoms with van der Waals surface area (Å²) in [5.41, 5.74) is -0.160. The lowest BCUT2D eigenvalue weighted by atomic mass is 9.64. The van der Waals surface area contributed by atoms with E-state index >= 15 is 0 Å². The molecule has 1 saturated heterocycles. The summed E-state index contributed by atoms with van der Waals surface area (Å²) in [4.78, 5) is 2.54. The first-order valence-electron chi connectivity index (χ1n) is 7.76. The predicted octanol–water partition coefficient (Wildman–Crippen LogP) is 3.83. The molecule has 2 rings (SSSR count). The van der Waals surface area contributed by atoms with E-state index in [4.69, 9.17) is 0 Å². The number of nitriles is 1. The van der Waals surface area contributed by atoms with Crippen LogP contribution in [0.15, 0.2) is 0 Å². The van der Waals surface area contributed by atoms with Crippen LogP contribution in [0.25, 0.3) is 0 Å². The zero-order valence-electron chi connectivity index (χ0n) is 12.3. The van der Waals surface area contributed by atoms with E-state index in [2.05, 4.69) is 31.7 Å². The summed E-state index contributed by atoms with van der Waals surface area (Å²) in [7, 11) is 0. The van der Waals surface area contributed by atoms with E-state index in [1.54, 1.807) is 0 Å². The number of likely N-dealkylation sites (tertiary alicyclic amines) is 1. The highest BCUT2D eigenvalue weighted by atomic mass is 15.2. The largest absolute Gasteiger partial charge is 0.285 e. The number of hydrogen-bond donors (Lipinski definition) is 0. The second-order valence-electron chi connectivity index (χ2n) is 6.82. The highest BCUT2D eigenvalue weighted by molar-refractivity contribution is 5.15. The maximum absolute atomic E-state index is 9.94. The summed E-state index contributed by atoms with van der Waals surface area (Å²) < 4.78 is 0. The Morgan fingerprint density at radius 2 is 1.83 bits per heavy atom. The molecule has 0 bridgehead atoms. The van der Waals surface area contributed by atoms with Crippen molar-refractivity contribution in [2.75, 3.05) is 13.1 Å². The average molecular weight is 248 g/mol. The van der Waals surface area contributed by atoms with Gasteiger partial charge in [-0.2, -0.15) is 5.26 Å². The third kappa shape index (κ3) is 2.43. The van der Waals surface area contributed by atoms with Gasteiger partial charge in [-0.15, -0.1) is 0 Å². The highest BCUT2D eigenvalue weighted by Gasteiger charge is 2.48. The first-order valence-corrected chi connectivity index (χ1v) is 7.76. The molecule has 0 aromatic heterocycles. The lowest BCUT2D eigenvalue weighted by molar-refractivity contribution is -0.00515. The van der Waals surface area contributed by atoms with Crippen molar-refractivity contribution in [2.24, 2.45) is 17.8 Å². The van der Waals surface area contributed by atoms with Gasteiger partial charge in [-0.1, -0.05) is 33.6 Å². The molecule has 2 nitrogen and oxygen atoms in total. The molecule has 102 valence electrons. The number of nitrogens with zero attached hydrogens (tertiary/aromatic N) is 2. The van der Waals surface area contributed by atoms with E-state index in [1.165, 1.54) is 32.1 Å². The van der Waals surface area contributed by atoms with Crippen LogP contribution in [0.1, 0.15) is 59.3 Å². The molecule has 0 radical (unpaired) electrons. The smallest absolute Gasteiger partial charge is 0.112 e. The Hall–Kier alpha value is -0.550. The fourth-order valence-corrected chi connectivity index (χ4v) is 4.23. The quantitative estimate of drug-likeness (QED) is 0.742. The Morgan fingerprint density at radius 3 is 2.39 bits per heavy atom. The summed E-state index contributed by atoms with van der Waals surface area (Å²) in [6.07, 6.45) is 7.54. The molecule has 2 fully saturated rings. The third-order valence-electron chi connectivity index (χ3n) is 5.16. The average Bonchev–Trinajstić information content (AvgIpc) is 2.39. The van der Waals surface area contributed by atoms with Crippen LogP contribution in [-0.2, 0) is 0 Å². The number of hydrogen-bond acceptors (Lipinski definition) is 2. The van der Waals surface area contributed by atoms with Crippen LogP contribution in [-0.4, -0.2) is 23.5 Å². The molecule has 1 saturated carbocycles. The first kappa shape index (κ1) is 13.9. The minimum absolute atomic E-state index is 0.160. The summed E-state index contributed by atoms with van der Waals surface area (Å²) in [5, 5.41) is 9.94. The fourth-order valence-electron chi connectivity index (χ4n) is 4.23. The molecule has 18 heavy (non-hydrogen) atoms. The van der Waals surface area contributed by atoms with Crippen molar-refractivity contribution in [1.29, 1.82) is 5.26 Å². The highest BCUT2D eigenvalue weighted by Crippen LogP contribution is 2.45. The van der Waals surface area contributed by atoms with Gasteiger partial charge in [-0.3, -0.25) is 4.90 Å². The normalized spacial score (nSPS) is 38.6. The molecule has 0 aromatic rings. The summed E-state index contributed by atoms with van der Waals surface area (Å²) in [6, 6.07) is 2.77. The molecule has 0 amide bonds. The standard InChI is InChI=1S/C16H28N2/c1-13(2)15-8-7-14(3)11-16(15,12-17)18-9-5-4-6-10-18/h13-15H,4-11H2,1-3H3. The monoisotopic (exact) mass is 248 g/mol. The van der Waals surface area contributed by atoms with Crippen molar-refractivity contribution in [3.63, 3.8) is 0 Å². The van der Waals surface area contributed by atoms with Crippen LogP contribution in [0.4, 0.5) is 0 Å². The molecule has 1 aliphatic heterocycles. The van der Waals surface area contributed by atoms with Gasteiger partial charge in [0.15, 0.2) is 0 Å². The zero-order valence-corrected chi connectivity index (χ0v) is 12.3. The van der Waals surface area contributed by atoms with E-state index in [-0.39, 0.29) is 5.54 Å². The molecule has 3 unspecified atom stereocenters. The molecule has 3 atom stereocenters. The van der Waals surface area contributed by atoms with Crippen LogP contribution < -0.4 is 0 Å². The van der Waals surface area contributed by atoms with Crippen molar-refractivity contribution in [1.82, 2.24) is 4.90 Å². The van der Waals surface area contributed by atoms with Gasteiger partial charge < -0.3 is 0 Å². The van der Waals surface area contributed by atoms with E-state index in [0.29, 0.717) is 17.8 Å². The number of rotatable bonds is 2. The van der Waals surface area contributed by atoms with E-state index in [1.807, 2.05) is 0 Å². The second kappa shape index (κ2) is 5.61. The third-order valence-corrected chi connectivity index (χ3v) is 5.16. The van der Waals surface area contributed by atoms with Crippen molar-refractivity contribution in [2.45, 2.75) is 64.8 Å². The van der Waals surface area contributed by atoms with Gasteiger partial charge in [0.05, 0.1) is 6.07 Å². The molecular weight excluding hydrogens is 220 g/mol. The van der Waals surface area contributed by atoms with Crippen molar-refractivity contribution in [3.8, 4) is 6.07 Å². The summed E-state index contributed by atoms with van der Waals surface area (Å²) >= 11 is 0. The molecule has 0 spiro atoms. The van der Waals surface area contributed by atoms with Crippen molar-refractivity contribution in [3.05, 3.63) is 0 Å². The Morgan fingerprint density at radius 1 is 1.17 bits per heavy atom. The zero-order chi connectivity index (χ0) is 13.2. The van der Waals surface area contributed by atoms with Crippen LogP contribution in [0, 0.1) is 29.1 Å². The van der Waals surface area contributed by atoms with Crippen LogP contribution in [0.5, 0.6) is 0 Å². The lowest BCUT2D eigenvalue weighted by Gasteiger charge is -2.51. The van der Waals surface area contributed by atoms with Gasteiger partial charge in [0.2, 0.25) is 0 Å². The SMILES string of the molecule is CC1CCC(C(C)C)C(C#N)(N2CCCCC2)C1. The predicted molar refractivity (Wildman–Crippen MR) is 75.1 cm³/mol. The van der Waals surface area contributed by atoms with E-state index in [9.17, 15) is 5.26 Å². The molecule has 1 aliphatic carbocycles. The molecule has 2 heteroatoms. The minimum Gasteiger partial charge on any atom is -0.285 e. The van der Waals surface area contributed by atoms with Crippen molar-refractivity contribution < 1.29 is 0 Å². The topological polar surface area (TPSA) is 27.0 Å². The van der Waals surface area contributed by atoms with Crippen LogP contribution >= 0.6 is 0 Å². The fraction of sp³-hybridized carbons (Fsp3) is 0.938. The molecular formula is C16H28N2. The Balaban J connectivity index is 2.26. The van der Waals surface area contributed by atoms with Crippen LogP contribution in [0.2, 0.25) is 0 Å². The summed E-state index contributed by atoms with van der Waals surface area (Å²) in [6.45, 7) is 9.22. The van der Waals surface area contributed by atoms with Gasteiger partial charge in [-0.05, 0) is 56.5 Å². The van der Waals surface area contributed by atoms with Gasteiger partial charge >= 0.3 is 0 Å². The lowest BCUT2D eigenvalue weighted by Crippen LogP contribution is -2.58. The Kier molecular flexibility index (Phi) is 4.33.